The highest BCUT2D eigenvalue weighted by Gasteiger charge is 2.22. The van der Waals surface area contributed by atoms with Gasteiger partial charge in [-0.1, -0.05) is 23.4 Å². The lowest BCUT2D eigenvalue weighted by Gasteiger charge is -1.97. The minimum absolute atomic E-state index is 0.761. The van der Waals surface area contributed by atoms with Crippen molar-refractivity contribution < 1.29 is 5.21 Å². The molecule has 0 amide bonds. The van der Waals surface area contributed by atoms with Crippen molar-refractivity contribution >= 4 is 6.21 Å². The monoisotopic (exact) mass is 161 g/mol. The molecule has 0 unspecified atom stereocenters. The molecule has 0 atom stereocenters. The van der Waals surface area contributed by atoms with Gasteiger partial charge in [0, 0.05) is 0 Å². The summed E-state index contributed by atoms with van der Waals surface area (Å²) in [5.41, 5.74) is 2.34. The molecule has 2 rings (SSSR count). The molecule has 1 aromatic carbocycles. The van der Waals surface area contributed by atoms with Crippen LogP contribution in [0.15, 0.2) is 29.4 Å². The Hall–Kier alpha value is -1.31. The molecule has 0 saturated heterocycles. The summed E-state index contributed by atoms with van der Waals surface area (Å²) >= 11 is 0. The number of oxime groups is 1. The normalized spacial score (nSPS) is 17.0. The van der Waals surface area contributed by atoms with Gasteiger partial charge in [0.05, 0.1) is 6.21 Å². The van der Waals surface area contributed by atoms with Gasteiger partial charge in [-0.2, -0.15) is 0 Å². The molecule has 0 spiro atoms. The van der Waals surface area contributed by atoms with E-state index in [2.05, 4.69) is 17.3 Å². The Labute approximate surface area is 71.5 Å². The Balaban J connectivity index is 2.26. The van der Waals surface area contributed by atoms with Crippen molar-refractivity contribution in [3.8, 4) is 0 Å². The number of benzene rings is 1. The van der Waals surface area contributed by atoms with Crippen LogP contribution < -0.4 is 0 Å². The topological polar surface area (TPSA) is 32.6 Å². The lowest BCUT2D eigenvalue weighted by atomic mass is 10.1. The van der Waals surface area contributed by atoms with Crippen LogP contribution in [0.1, 0.15) is 29.9 Å². The second kappa shape index (κ2) is 2.97. The quantitative estimate of drug-likeness (QED) is 0.403. The van der Waals surface area contributed by atoms with Gasteiger partial charge in [0.1, 0.15) is 0 Å². The lowest BCUT2D eigenvalue weighted by molar-refractivity contribution is 0.322. The molecule has 0 aromatic heterocycles. The van der Waals surface area contributed by atoms with Crippen molar-refractivity contribution in [2.75, 3.05) is 0 Å². The molecule has 1 fully saturated rings. The lowest BCUT2D eigenvalue weighted by Crippen LogP contribution is -1.84. The van der Waals surface area contributed by atoms with Gasteiger partial charge in [-0.3, -0.25) is 0 Å². The van der Waals surface area contributed by atoms with E-state index in [-0.39, 0.29) is 0 Å². The van der Waals surface area contributed by atoms with Gasteiger partial charge < -0.3 is 5.21 Å². The van der Waals surface area contributed by atoms with Gasteiger partial charge in [0.2, 0.25) is 0 Å². The maximum atomic E-state index is 8.33. The Morgan fingerprint density at radius 1 is 1.42 bits per heavy atom. The van der Waals surface area contributed by atoms with E-state index in [0.29, 0.717) is 0 Å². The van der Waals surface area contributed by atoms with Crippen LogP contribution in [0.2, 0.25) is 0 Å². The zero-order chi connectivity index (χ0) is 8.39. The van der Waals surface area contributed by atoms with Crippen LogP contribution >= 0.6 is 0 Å². The van der Waals surface area contributed by atoms with Crippen molar-refractivity contribution in [2.24, 2.45) is 5.16 Å². The van der Waals surface area contributed by atoms with Gasteiger partial charge in [-0.25, -0.2) is 0 Å². The molecule has 0 bridgehead atoms. The summed E-state index contributed by atoms with van der Waals surface area (Å²) in [7, 11) is 0. The average Bonchev–Trinajstić information content (AvgIpc) is 2.88. The highest BCUT2D eigenvalue weighted by molar-refractivity contribution is 5.79. The molecule has 2 heteroatoms. The highest BCUT2D eigenvalue weighted by Crippen LogP contribution is 2.39. The van der Waals surface area contributed by atoms with Crippen molar-refractivity contribution in [3.63, 3.8) is 0 Å². The summed E-state index contributed by atoms with van der Waals surface area (Å²) in [6.45, 7) is 0. The number of rotatable bonds is 2. The largest absolute Gasteiger partial charge is 0.411 e. The molecule has 2 nitrogen and oxygen atoms in total. The highest BCUT2D eigenvalue weighted by atomic mass is 16.4. The molecule has 62 valence electrons. The van der Waals surface area contributed by atoms with Gasteiger partial charge in [0.15, 0.2) is 0 Å². The maximum Gasteiger partial charge on any atom is 0.0733 e. The molecule has 0 aliphatic heterocycles. The van der Waals surface area contributed by atoms with E-state index >= 15 is 0 Å². The van der Waals surface area contributed by atoms with Crippen LogP contribution in [-0.2, 0) is 0 Å². The van der Waals surface area contributed by atoms with Crippen molar-refractivity contribution in [3.05, 3.63) is 35.4 Å². The third-order valence-electron chi connectivity index (χ3n) is 2.17. The van der Waals surface area contributed by atoms with Crippen molar-refractivity contribution in [1.82, 2.24) is 0 Å². The first-order valence-corrected chi connectivity index (χ1v) is 4.17. The van der Waals surface area contributed by atoms with E-state index in [0.717, 1.165) is 11.5 Å². The first-order chi connectivity index (χ1) is 5.90. The smallest absolute Gasteiger partial charge is 0.0733 e. The zero-order valence-electron chi connectivity index (χ0n) is 6.77. The Morgan fingerprint density at radius 2 is 2.25 bits per heavy atom. The van der Waals surface area contributed by atoms with Crippen LogP contribution in [0.4, 0.5) is 0 Å². The van der Waals surface area contributed by atoms with E-state index in [1.165, 1.54) is 24.6 Å². The molecule has 1 N–H and O–H groups in total. The minimum Gasteiger partial charge on any atom is -0.411 e. The maximum absolute atomic E-state index is 8.33. The molecule has 1 saturated carbocycles. The Bertz CT molecular complexity index is 302. The van der Waals surface area contributed by atoms with E-state index in [1.807, 2.05) is 12.1 Å². The molecule has 0 heterocycles. The van der Waals surface area contributed by atoms with E-state index in [9.17, 15) is 0 Å². The predicted molar refractivity (Wildman–Crippen MR) is 47.8 cm³/mol. The van der Waals surface area contributed by atoms with Gasteiger partial charge in [-0.05, 0) is 36.0 Å². The fourth-order valence-electron chi connectivity index (χ4n) is 1.38. The van der Waals surface area contributed by atoms with Crippen LogP contribution in [0.5, 0.6) is 0 Å². The summed E-state index contributed by atoms with van der Waals surface area (Å²) in [4.78, 5) is 0. The first kappa shape index (κ1) is 7.35. The number of nitrogens with zero attached hydrogens (tertiary/aromatic N) is 1. The molecular weight excluding hydrogens is 150 g/mol. The van der Waals surface area contributed by atoms with Crippen LogP contribution in [-0.4, -0.2) is 11.4 Å². The minimum atomic E-state index is 0.761. The molecule has 1 aliphatic rings. The average molecular weight is 161 g/mol. The second-order valence-corrected chi connectivity index (χ2v) is 3.19. The van der Waals surface area contributed by atoms with Crippen molar-refractivity contribution in [2.45, 2.75) is 18.8 Å². The van der Waals surface area contributed by atoms with Crippen molar-refractivity contribution in [1.29, 1.82) is 0 Å². The zero-order valence-corrected chi connectivity index (χ0v) is 6.77. The predicted octanol–water partition coefficient (Wildman–Crippen LogP) is 2.37. The number of hydrogen-bond acceptors (Lipinski definition) is 2. The molecule has 12 heavy (non-hydrogen) atoms. The summed E-state index contributed by atoms with van der Waals surface area (Å²) in [5.74, 6) is 0.761. The fraction of sp³-hybridized carbons (Fsp3) is 0.300. The Morgan fingerprint density at radius 3 is 2.92 bits per heavy atom. The van der Waals surface area contributed by atoms with Gasteiger partial charge in [-0.15, -0.1) is 0 Å². The first-order valence-electron chi connectivity index (χ1n) is 4.17. The third kappa shape index (κ3) is 1.47. The fourth-order valence-corrected chi connectivity index (χ4v) is 1.38. The van der Waals surface area contributed by atoms with Gasteiger partial charge in [0.25, 0.3) is 0 Å². The summed E-state index contributed by atoms with van der Waals surface area (Å²) < 4.78 is 0. The summed E-state index contributed by atoms with van der Waals surface area (Å²) in [5, 5.41) is 11.3. The molecule has 1 aliphatic carbocycles. The second-order valence-electron chi connectivity index (χ2n) is 3.19. The standard InChI is InChI=1S/C10H11NO/c12-11-7-8-2-1-3-10(6-8)9-4-5-9/h1-3,6-7,9,12H,4-5H2/b11-7+. The van der Waals surface area contributed by atoms with Gasteiger partial charge >= 0.3 is 0 Å². The SMILES string of the molecule is O/N=C/c1cccc(C2CC2)c1. The van der Waals surface area contributed by atoms with E-state index in [1.54, 1.807) is 0 Å². The third-order valence-corrected chi connectivity index (χ3v) is 2.17. The molecule has 0 radical (unpaired) electrons. The molecular formula is C10H11NO. The van der Waals surface area contributed by atoms with E-state index < -0.39 is 0 Å². The Kier molecular flexibility index (Phi) is 1.82. The number of hydrogen-bond donors (Lipinski definition) is 1. The molecule has 1 aromatic rings. The van der Waals surface area contributed by atoms with E-state index in [4.69, 9.17) is 5.21 Å². The van der Waals surface area contributed by atoms with Crippen LogP contribution in [0.25, 0.3) is 0 Å². The van der Waals surface area contributed by atoms with Crippen LogP contribution in [0, 0.1) is 0 Å². The van der Waals surface area contributed by atoms with Crippen LogP contribution in [0.3, 0.4) is 0 Å². The summed E-state index contributed by atoms with van der Waals surface area (Å²) in [6, 6.07) is 8.15. The summed E-state index contributed by atoms with van der Waals surface area (Å²) in [6.07, 6.45) is 4.07.